The third-order valence-electron chi connectivity index (χ3n) is 4.58. The van der Waals surface area contributed by atoms with Gasteiger partial charge in [0.2, 0.25) is 0 Å². The maximum Gasteiger partial charge on any atom is 0.155 e. The Morgan fingerprint density at radius 3 is 3.00 bits per heavy atom. The first-order valence-corrected chi connectivity index (χ1v) is 8.54. The molecule has 2 heterocycles. The lowest BCUT2D eigenvalue weighted by molar-refractivity contribution is 0.127. The SMILES string of the molecule is COCCN1CCCC(c2n[nH]c(Cc3ccccc3OC)n2)C1. The van der Waals surface area contributed by atoms with Crippen LogP contribution in [0.4, 0.5) is 0 Å². The molecule has 6 nitrogen and oxygen atoms in total. The molecule has 1 unspecified atom stereocenters. The molecule has 6 heteroatoms. The van der Waals surface area contributed by atoms with Gasteiger partial charge < -0.3 is 14.4 Å². The molecule has 0 amide bonds. The summed E-state index contributed by atoms with van der Waals surface area (Å²) in [6.45, 7) is 3.90. The summed E-state index contributed by atoms with van der Waals surface area (Å²) in [5.74, 6) is 3.11. The van der Waals surface area contributed by atoms with E-state index < -0.39 is 0 Å². The summed E-state index contributed by atoms with van der Waals surface area (Å²) in [4.78, 5) is 7.18. The van der Waals surface area contributed by atoms with Gasteiger partial charge in [-0.3, -0.25) is 5.10 Å². The summed E-state index contributed by atoms with van der Waals surface area (Å²) in [5.41, 5.74) is 1.12. The Morgan fingerprint density at radius 2 is 2.17 bits per heavy atom. The van der Waals surface area contributed by atoms with Crippen molar-refractivity contribution in [3.63, 3.8) is 0 Å². The highest BCUT2D eigenvalue weighted by Gasteiger charge is 2.24. The third-order valence-corrected chi connectivity index (χ3v) is 4.58. The summed E-state index contributed by atoms with van der Waals surface area (Å²) in [6, 6.07) is 8.03. The van der Waals surface area contributed by atoms with Gasteiger partial charge in [0.25, 0.3) is 0 Å². The lowest BCUT2D eigenvalue weighted by Gasteiger charge is -2.31. The van der Waals surface area contributed by atoms with Gasteiger partial charge in [0.15, 0.2) is 5.82 Å². The minimum absolute atomic E-state index is 0.401. The van der Waals surface area contributed by atoms with Crippen LogP contribution in [0.25, 0.3) is 0 Å². The molecule has 1 aromatic carbocycles. The van der Waals surface area contributed by atoms with Gasteiger partial charge in [0.05, 0.1) is 13.7 Å². The Kier molecular flexibility index (Phi) is 5.82. The number of aromatic amines is 1. The lowest BCUT2D eigenvalue weighted by Crippen LogP contribution is -2.36. The molecule has 0 saturated carbocycles. The van der Waals surface area contributed by atoms with E-state index in [4.69, 9.17) is 14.5 Å². The fourth-order valence-corrected chi connectivity index (χ4v) is 3.29. The minimum Gasteiger partial charge on any atom is -0.496 e. The summed E-state index contributed by atoms with van der Waals surface area (Å²) >= 11 is 0. The molecular formula is C18H26N4O2. The molecule has 1 saturated heterocycles. The van der Waals surface area contributed by atoms with Crippen LogP contribution in [-0.4, -0.2) is 60.5 Å². The normalized spacial score (nSPS) is 18.7. The van der Waals surface area contributed by atoms with Gasteiger partial charge in [-0.2, -0.15) is 5.10 Å². The molecule has 0 aliphatic carbocycles. The number of methoxy groups -OCH3 is 2. The number of hydrogen-bond donors (Lipinski definition) is 1. The minimum atomic E-state index is 0.401. The quantitative estimate of drug-likeness (QED) is 0.843. The van der Waals surface area contributed by atoms with Crippen molar-refractivity contribution in [1.29, 1.82) is 0 Å². The monoisotopic (exact) mass is 330 g/mol. The van der Waals surface area contributed by atoms with Gasteiger partial charge in [-0.05, 0) is 25.5 Å². The molecule has 130 valence electrons. The maximum atomic E-state index is 5.41. The Labute approximate surface area is 143 Å². The standard InChI is InChI=1S/C18H26N4O2/c1-23-11-10-22-9-5-7-15(13-22)18-19-17(20-21-18)12-14-6-3-4-8-16(14)24-2/h3-4,6,8,15H,5,7,9-13H2,1-2H3,(H,19,20,21). The van der Waals surface area contributed by atoms with E-state index in [0.29, 0.717) is 12.3 Å². The highest BCUT2D eigenvalue weighted by Crippen LogP contribution is 2.25. The van der Waals surface area contributed by atoms with E-state index in [2.05, 4.69) is 21.2 Å². The molecule has 0 spiro atoms. The van der Waals surface area contributed by atoms with E-state index in [1.165, 1.54) is 6.42 Å². The lowest BCUT2D eigenvalue weighted by atomic mass is 9.97. The van der Waals surface area contributed by atoms with Crippen LogP contribution in [-0.2, 0) is 11.2 Å². The Hall–Kier alpha value is -1.92. The molecule has 1 atom stereocenters. The third kappa shape index (κ3) is 4.13. The number of rotatable bonds is 7. The molecule has 0 radical (unpaired) electrons. The van der Waals surface area contributed by atoms with Crippen LogP contribution in [0.5, 0.6) is 5.75 Å². The van der Waals surface area contributed by atoms with Crippen molar-refractivity contribution in [2.75, 3.05) is 40.5 Å². The number of hydrogen-bond acceptors (Lipinski definition) is 5. The summed E-state index contributed by atoms with van der Waals surface area (Å²) < 4.78 is 10.6. The number of nitrogens with zero attached hydrogens (tertiary/aromatic N) is 3. The molecule has 1 fully saturated rings. The van der Waals surface area contributed by atoms with Crippen LogP contribution in [0, 0.1) is 0 Å². The largest absolute Gasteiger partial charge is 0.496 e. The number of ether oxygens (including phenoxy) is 2. The van der Waals surface area contributed by atoms with E-state index in [1.807, 2.05) is 18.2 Å². The Morgan fingerprint density at radius 1 is 1.29 bits per heavy atom. The first-order valence-electron chi connectivity index (χ1n) is 8.54. The Balaban J connectivity index is 1.64. The predicted molar refractivity (Wildman–Crippen MR) is 92.5 cm³/mol. The molecule has 1 aliphatic rings. The van der Waals surface area contributed by atoms with E-state index in [-0.39, 0.29) is 0 Å². The van der Waals surface area contributed by atoms with E-state index in [1.54, 1.807) is 14.2 Å². The van der Waals surface area contributed by atoms with Crippen LogP contribution in [0.2, 0.25) is 0 Å². The molecule has 2 aromatic rings. The second kappa shape index (κ2) is 8.26. The van der Waals surface area contributed by atoms with Crippen LogP contribution in [0.3, 0.4) is 0 Å². The van der Waals surface area contributed by atoms with Gasteiger partial charge in [-0.15, -0.1) is 0 Å². The van der Waals surface area contributed by atoms with Gasteiger partial charge in [-0.25, -0.2) is 4.98 Å². The fourth-order valence-electron chi connectivity index (χ4n) is 3.29. The fraction of sp³-hybridized carbons (Fsp3) is 0.556. The van der Waals surface area contributed by atoms with Gasteiger partial charge >= 0.3 is 0 Å². The molecule has 24 heavy (non-hydrogen) atoms. The molecular weight excluding hydrogens is 304 g/mol. The number of aromatic nitrogens is 3. The van der Waals surface area contributed by atoms with E-state index >= 15 is 0 Å². The van der Waals surface area contributed by atoms with Crippen molar-refractivity contribution >= 4 is 0 Å². The number of para-hydroxylation sites is 1. The topological polar surface area (TPSA) is 63.3 Å². The van der Waals surface area contributed by atoms with Crippen molar-refractivity contribution < 1.29 is 9.47 Å². The van der Waals surface area contributed by atoms with E-state index in [0.717, 1.165) is 55.6 Å². The summed E-state index contributed by atoms with van der Waals surface area (Å²) in [5, 5.41) is 7.57. The highest BCUT2D eigenvalue weighted by molar-refractivity contribution is 5.35. The van der Waals surface area contributed by atoms with Crippen molar-refractivity contribution in [1.82, 2.24) is 20.1 Å². The zero-order valence-electron chi connectivity index (χ0n) is 14.5. The van der Waals surface area contributed by atoms with Gasteiger partial charge in [0, 0.05) is 38.1 Å². The zero-order valence-corrected chi connectivity index (χ0v) is 14.5. The van der Waals surface area contributed by atoms with Crippen LogP contribution >= 0.6 is 0 Å². The number of nitrogens with one attached hydrogen (secondary N) is 1. The van der Waals surface area contributed by atoms with Crippen LogP contribution in [0.15, 0.2) is 24.3 Å². The smallest absolute Gasteiger partial charge is 0.155 e. The number of H-pyrrole nitrogens is 1. The zero-order chi connectivity index (χ0) is 16.8. The summed E-state index contributed by atoms with van der Waals surface area (Å²) in [7, 11) is 3.45. The molecule has 0 bridgehead atoms. The van der Waals surface area contributed by atoms with Gasteiger partial charge in [0.1, 0.15) is 11.6 Å². The van der Waals surface area contributed by atoms with Gasteiger partial charge in [-0.1, -0.05) is 18.2 Å². The molecule has 3 rings (SSSR count). The first-order chi connectivity index (χ1) is 11.8. The average Bonchev–Trinajstić information content (AvgIpc) is 3.09. The second-order valence-corrected chi connectivity index (χ2v) is 6.26. The molecule has 1 aromatic heterocycles. The molecule has 1 aliphatic heterocycles. The van der Waals surface area contributed by atoms with Crippen LogP contribution in [0.1, 0.15) is 36.0 Å². The average molecular weight is 330 g/mol. The predicted octanol–water partition coefficient (Wildman–Crippen LogP) is 2.23. The second-order valence-electron chi connectivity index (χ2n) is 6.26. The first kappa shape index (κ1) is 16.9. The number of piperidine rings is 1. The summed E-state index contributed by atoms with van der Waals surface area (Å²) in [6.07, 6.45) is 3.04. The van der Waals surface area contributed by atoms with Crippen molar-refractivity contribution in [2.45, 2.75) is 25.2 Å². The number of likely N-dealkylation sites (tertiary alicyclic amines) is 1. The maximum absolute atomic E-state index is 5.41. The van der Waals surface area contributed by atoms with Crippen molar-refractivity contribution in [3.8, 4) is 5.75 Å². The van der Waals surface area contributed by atoms with Crippen LogP contribution < -0.4 is 4.74 Å². The van der Waals surface area contributed by atoms with Crippen molar-refractivity contribution in [3.05, 3.63) is 41.5 Å². The Bertz CT molecular complexity index is 643. The molecule has 1 N–H and O–H groups in total. The van der Waals surface area contributed by atoms with E-state index in [9.17, 15) is 0 Å². The number of benzene rings is 1. The van der Waals surface area contributed by atoms with Crippen molar-refractivity contribution in [2.24, 2.45) is 0 Å². The highest BCUT2D eigenvalue weighted by atomic mass is 16.5.